The first-order chi connectivity index (χ1) is 6.11. The minimum Gasteiger partial charge on any atom is -0.303 e. The number of nitrogens with one attached hydrogen (secondary N) is 1. The van der Waals surface area contributed by atoms with Crippen molar-refractivity contribution in [2.24, 2.45) is 0 Å². The molecule has 5 heteroatoms. The molecule has 13 heavy (non-hydrogen) atoms. The van der Waals surface area contributed by atoms with Gasteiger partial charge >= 0.3 is 0 Å². The van der Waals surface area contributed by atoms with Crippen molar-refractivity contribution in [3.05, 3.63) is 17.0 Å². The van der Waals surface area contributed by atoms with E-state index in [4.69, 9.17) is 11.6 Å². The Morgan fingerprint density at radius 2 is 2.15 bits per heavy atom. The van der Waals surface area contributed by atoms with Crippen LogP contribution in [0.5, 0.6) is 0 Å². The monoisotopic (exact) mass is 200 g/mol. The normalized spacial score (nSPS) is 10.5. The molecule has 0 aliphatic rings. The van der Waals surface area contributed by atoms with Crippen LogP contribution in [0.15, 0.2) is 6.07 Å². The van der Waals surface area contributed by atoms with Gasteiger partial charge in [-0.2, -0.15) is 0 Å². The maximum atomic E-state index is 5.80. The van der Waals surface area contributed by atoms with Crippen molar-refractivity contribution in [1.29, 1.82) is 0 Å². The van der Waals surface area contributed by atoms with E-state index in [1.807, 2.05) is 21.0 Å². The number of hydrazine groups is 1. The summed E-state index contributed by atoms with van der Waals surface area (Å²) in [5.41, 5.74) is 3.02. The van der Waals surface area contributed by atoms with Gasteiger partial charge in [-0.1, -0.05) is 18.5 Å². The summed E-state index contributed by atoms with van der Waals surface area (Å²) < 4.78 is 0. The summed E-state index contributed by atoms with van der Waals surface area (Å²) in [5.74, 6) is 1.47. The molecule has 0 aliphatic carbocycles. The third-order valence-corrected chi connectivity index (χ3v) is 1.59. The fraction of sp³-hybridized carbons (Fsp3) is 0.500. The molecule has 0 fully saturated rings. The van der Waals surface area contributed by atoms with Gasteiger partial charge in [0, 0.05) is 26.6 Å². The number of rotatable bonds is 3. The summed E-state index contributed by atoms with van der Waals surface area (Å²) in [6, 6.07) is 1.70. The van der Waals surface area contributed by atoms with Crippen molar-refractivity contribution in [2.45, 2.75) is 13.3 Å². The van der Waals surface area contributed by atoms with E-state index in [2.05, 4.69) is 15.4 Å². The molecule has 0 aromatic carbocycles. The molecule has 0 atom stereocenters. The molecule has 0 saturated carbocycles. The van der Waals surface area contributed by atoms with Crippen molar-refractivity contribution in [1.82, 2.24) is 15.0 Å². The smallest absolute Gasteiger partial charge is 0.145 e. The largest absolute Gasteiger partial charge is 0.303 e. The molecule has 0 radical (unpaired) electrons. The van der Waals surface area contributed by atoms with E-state index in [-0.39, 0.29) is 0 Å². The molecule has 0 spiro atoms. The number of aryl methyl sites for hydroxylation is 1. The first-order valence-corrected chi connectivity index (χ1v) is 4.47. The van der Waals surface area contributed by atoms with E-state index >= 15 is 0 Å². The topological polar surface area (TPSA) is 41.1 Å². The Bertz CT molecular complexity index is 287. The second-order valence-electron chi connectivity index (χ2n) is 2.85. The van der Waals surface area contributed by atoms with Gasteiger partial charge in [0.1, 0.15) is 16.8 Å². The van der Waals surface area contributed by atoms with Gasteiger partial charge in [-0.25, -0.2) is 15.0 Å². The zero-order valence-electron chi connectivity index (χ0n) is 8.00. The number of hydrogen-bond acceptors (Lipinski definition) is 4. The van der Waals surface area contributed by atoms with Crippen molar-refractivity contribution >= 4 is 17.4 Å². The molecular formula is C8H13ClN4. The predicted molar refractivity (Wildman–Crippen MR) is 53.7 cm³/mol. The van der Waals surface area contributed by atoms with Crippen molar-refractivity contribution in [3.63, 3.8) is 0 Å². The number of halogens is 1. The van der Waals surface area contributed by atoms with Crippen LogP contribution in [0.4, 0.5) is 5.82 Å². The lowest BCUT2D eigenvalue weighted by molar-refractivity contribution is 0.491. The summed E-state index contributed by atoms with van der Waals surface area (Å²) in [7, 11) is 3.78. The maximum absolute atomic E-state index is 5.80. The summed E-state index contributed by atoms with van der Waals surface area (Å²) in [5, 5.41) is 2.27. The predicted octanol–water partition coefficient (Wildman–Crippen LogP) is 1.58. The summed E-state index contributed by atoms with van der Waals surface area (Å²) >= 11 is 5.80. The molecule has 0 saturated heterocycles. The Morgan fingerprint density at radius 1 is 1.46 bits per heavy atom. The molecule has 0 amide bonds. The van der Waals surface area contributed by atoms with Crippen LogP contribution in [0.25, 0.3) is 0 Å². The highest BCUT2D eigenvalue weighted by Gasteiger charge is 2.01. The SMILES string of the molecule is CCc1nc(Cl)cc(NN(C)C)n1. The first kappa shape index (κ1) is 10.2. The van der Waals surface area contributed by atoms with E-state index in [9.17, 15) is 0 Å². The Labute approximate surface area is 82.9 Å². The highest BCUT2D eigenvalue weighted by atomic mass is 35.5. The fourth-order valence-corrected chi connectivity index (χ4v) is 1.11. The van der Waals surface area contributed by atoms with Crippen LogP contribution in [0.2, 0.25) is 5.15 Å². The molecule has 72 valence electrons. The molecule has 0 aliphatic heterocycles. The Hall–Kier alpha value is -0.870. The average Bonchev–Trinajstić information content (AvgIpc) is 2.01. The van der Waals surface area contributed by atoms with Crippen LogP contribution in [-0.4, -0.2) is 29.1 Å². The van der Waals surface area contributed by atoms with E-state index in [0.717, 1.165) is 18.1 Å². The molecule has 1 aromatic heterocycles. The quantitative estimate of drug-likeness (QED) is 0.594. The number of aromatic nitrogens is 2. The number of nitrogens with zero attached hydrogens (tertiary/aromatic N) is 3. The number of anilines is 1. The van der Waals surface area contributed by atoms with Crippen LogP contribution < -0.4 is 5.43 Å². The van der Waals surface area contributed by atoms with E-state index in [1.54, 1.807) is 11.1 Å². The molecule has 0 unspecified atom stereocenters. The van der Waals surface area contributed by atoms with Crippen LogP contribution in [-0.2, 0) is 6.42 Å². The average molecular weight is 201 g/mol. The molecule has 1 N–H and O–H groups in total. The van der Waals surface area contributed by atoms with Crippen LogP contribution in [0, 0.1) is 0 Å². The minimum absolute atomic E-state index is 0.469. The van der Waals surface area contributed by atoms with Crippen molar-refractivity contribution < 1.29 is 0 Å². The van der Waals surface area contributed by atoms with E-state index < -0.39 is 0 Å². The molecule has 1 rings (SSSR count). The van der Waals surface area contributed by atoms with Crippen LogP contribution in [0.1, 0.15) is 12.7 Å². The van der Waals surface area contributed by atoms with Gasteiger partial charge in [-0.3, -0.25) is 0 Å². The van der Waals surface area contributed by atoms with Gasteiger partial charge in [-0.15, -0.1) is 0 Å². The Balaban J connectivity index is 2.88. The third kappa shape index (κ3) is 3.16. The zero-order chi connectivity index (χ0) is 9.84. The molecule has 1 aromatic rings. The molecule has 1 heterocycles. The second-order valence-corrected chi connectivity index (χ2v) is 3.24. The highest BCUT2D eigenvalue weighted by Crippen LogP contribution is 2.11. The summed E-state index contributed by atoms with van der Waals surface area (Å²) in [6.45, 7) is 1.99. The minimum atomic E-state index is 0.469. The maximum Gasteiger partial charge on any atom is 0.145 e. The zero-order valence-corrected chi connectivity index (χ0v) is 8.76. The van der Waals surface area contributed by atoms with Gasteiger partial charge in [0.25, 0.3) is 0 Å². The summed E-state index contributed by atoms with van der Waals surface area (Å²) in [6.07, 6.45) is 0.780. The van der Waals surface area contributed by atoms with E-state index in [0.29, 0.717) is 5.15 Å². The standard InChI is InChI=1S/C8H13ClN4/c1-4-7-10-6(9)5-8(11-7)12-13(2)3/h5H,4H2,1-3H3,(H,10,11,12). The van der Waals surface area contributed by atoms with Gasteiger partial charge in [0.2, 0.25) is 0 Å². The van der Waals surface area contributed by atoms with Gasteiger partial charge in [-0.05, 0) is 0 Å². The fourth-order valence-electron chi connectivity index (χ4n) is 0.909. The van der Waals surface area contributed by atoms with Gasteiger partial charge in [0.05, 0.1) is 0 Å². The summed E-state index contributed by atoms with van der Waals surface area (Å²) in [4.78, 5) is 8.30. The molecular weight excluding hydrogens is 188 g/mol. The molecule has 4 nitrogen and oxygen atoms in total. The lowest BCUT2D eigenvalue weighted by atomic mass is 10.4. The lowest BCUT2D eigenvalue weighted by Crippen LogP contribution is -2.20. The van der Waals surface area contributed by atoms with Crippen LogP contribution in [0.3, 0.4) is 0 Å². The van der Waals surface area contributed by atoms with Gasteiger partial charge in [0.15, 0.2) is 0 Å². The Kier molecular flexibility index (Phi) is 3.45. The molecule has 0 bridgehead atoms. The van der Waals surface area contributed by atoms with Crippen molar-refractivity contribution in [3.8, 4) is 0 Å². The first-order valence-electron chi connectivity index (χ1n) is 4.09. The third-order valence-electron chi connectivity index (χ3n) is 1.40. The Morgan fingerprint density at radius 3 is 2.69 bits per heavy atom. The van der Waals surface area contributed by atoms with Crippen LogP contribution >= 0.6 is 11.6 Å². The van der Waals surface area contributed by atoms with Gasteiger partial charge < -0.3 is 5.43 Å². The lowest BCUT2D eigenvalue weighted by Gasteiger charge is -2.12. The highest BCUT2D eigenvalue weighted by molar-refractivity contribution is 6.29. The second kappa shape index (κ2) is 4.39. The van der Waals surface area contributed by atoms with Crippen molar-refractivity contribution in [2.75, 3.05) is 19.5 Å². The van der Waals surface area contributed by atoms with E-state index in [1.165, 1.54) is 0 Å². The number of hydrogen-bond donors (Lipinski definition) is 1.